The van der Waals surface area contributed by atoms with Gasteiger partial charge in [0.05, 0.1) is 20.8 Å². The SMILES string of the molecule is C=CC(=O)N[C@H]1CCC[C@H]1C1=NCC2=C1CC[C@H](c1cc(OC)cc(OC)c1F)C2. The molecule has 2 aliphatic carbocycles. The predicted octanol–water partition coefficient (Wildman–Crippen LogP) is 4.33. The molecule has 0 unspecified atom stereocenters. The average Bonchev–Trinajstić information content (AvgIpc) is 3.39. The van der Waals surface area contributed by atoms with E-state index in [-0.39, 0.29) is 35.4 Å². The lowest BCUT2D eigenvalue weighted by atomic mass is 9.77. The Kier molecular flexibility index (Phi) is 5.93. The minimum atomic E-state index is -0.297. The standard InChI is InChI=1S/C24H29FN2O3/c1-4-22(28)27-20-7-5-6-18(20)24-17-9-8-14(10-15(17)13-26-24)19-11-16(29-2)12-21(30-3)23(19)25/h4,11-12,14,18,20H,1,5-10,13H2,2-3H3,(H,27,28)/t14-,18+,20-/m0/s1. The highest BCUT2D eigenvalue weighted by Gasteiger charge is 2.38. The van der Waals surface area contributed by atoms with Crippen molar-refractivity contribution in [2.75, 3.05) is 20.8 Å². The molecule has 3 aliphatic rings. The summed E-state index contributed by atoms with van der Waals surface area (Å²) in [4.78, 5) is 16.7. The molecule has 1 fully saturated rings. The highest BCUT2D eigenvalue weighted by molar-refractivity contribution is 6.05. The minimum absolute atomic E-state index is 0.0853. The van der Waals surface area contributed by atoms with E-state index in [1.165, 1.54) is 30.0 Å². The lowest BCUT2D eigenvalue weighted by Crippen LogP contribution is -2.39. The topological polar surface area (TPSA) is 59.9 Å². The Labute approximate surface area is 177 Å². The number of ether oxygens (including phenoxy) is 2. The second-order valence-electron chi connectivity index (χ2n) is 8.31. The molecule has 1 aromatic rings. The number of allylic oxidation sites excluding steroid dienone is 1. The molecule has 0 radical (unpaired) electrons. The summed E-state index contributed by atoms with van der Waals surface area (Å²) in [5.74, 6) is 0.770. The molecular weight excluding hydrogens is 383 g/mol. The molecule has 1 heterocycles. The van der Waals surface area contributed by atoms with Gasteiger partial charge in [-0.25, -0.2) is 4.39 Å². The van der Waals surface area contributed by atoms with Gasteiger partial charge < -0.3 is 14.8 Å². The van der Waals surface area contributed by atoms with Gasteiger partial charge in [0.25, 0.3) is 0 Å². The van der Waals surface area contributed by atoms with Crippen LogP contribution in [0.25, 0.3) is 0 Å². The zero-order valence-electron chi connectivity index (χ0n) is 17.7. The summed E-state index contributed by atoms with van der Waals surface area (Å²) in [6.07, 6.45) is 6.99. The number of carbonyl (C=O) groups is 1. The number of halogens is 1. The van der Waals surface area contributed by atoms with Gasteiger partial charge in [0.15, 0.2) is 11.6 Å². The Balaban J connectivity index is 1.54. The van der Waals surface area contributed by atoms with Crippen LogP contribution in [0.5, 0.6) is 11.5 Å². The van der Waals surface area contributed by atoms with E-state index in [0.717, 1.165) is 38.5 Å². The molecule has 1 amide bonds. The van der Waals surface area contributed by atoms with Crippen LogP contribution in [-0.2, 0) is 4.79 Å². The minimum Gasteiger partial charge on any atom is -0.497 e. The van der Waals surface area contributed by atoms with Crippen molar-refractivity contribution in [3.05, 3.63) is 47.3 Å². The maximum atomic E-state index is 15.0. The van der Waals surface area contributed by atoms with Crippen molar-refractivity contribution in [1.29, 1.82) is 0 Å². The summed E-state index contributed by atoms with van der Waals surface area (Å²) < 4.78 is 25.5. The molecular formula is C24H29FN2O3. The van der Waals surface area contributed by atoms with Crippen LogP contribution in [0, 0.1) is 11.7 Å². The molecule has 5 nitrogen and oxygen atoms in total. The smallest absolute Gasteiger partial charge is 0.243 e. The number of hydrogen-bond acceptors (Lipinski definition) is 4. The maximum Gasteiger partial charge on any atom is 0.243 e. The van der Waals surface area contributed by atoms with Crippen LogP contribution in [0.3, 0.4) is 0 Å². The van der Waals surface area contributed by atoms with Crippen LogP contribution in [0.2, 0.25) is 0 Å². The number of amides is 1. The number of nitrogens with zero attached hydrogens (tertiary/aromatic N) is 1. The van der Waals surface area contributed by atoms with Gasteiger partial charge in [-0.15, -0.1) is 0 Å². The van der Waals surface area contributed by atoms with Gasteiger partial charge in [-0.3, -0.25) is 9.79 Å². The van der Waals surface area contributed by atoms with Crippen molar-refractivity contribution in [3.63, 3.8) is 0 Å². The molecule has 0 saturated heterocycles. The van der Waals surface area contributed by atoms with Crippen molar-refractivity contribution >= 4 is 11.6 Å². The third-order valence-electron chi connectivity index (χ3n) is 6.73. The van der Waals surface area contributed by atoms with E-state index in [1.807, 2.05) is 0 Å². The van der Waals surface area contributed by atoms with Crippen LogP contribution in [-0.4, -0.2) is 38.4 Å². The molecule has 0 aromatic heterocycles. The maximum absolute atomic E-state index is 15.0. The molecule has 1 N–H and O–H groups in total. The van der Waals surface area contributed by atoms with Crippen LogP contribution in [0.1, 0.15) is 50.0 Å². The highest BCUT2D eigenvalue weighted by atomic mass is 19.1. The number of rotatable bonds is 6. The van der Waals surface area contributed by atoms with E-state index in [4.69, 9.17) is 14.5 Å². The van der Waals surface area contributed by atoms with E-state index in [2.05, 4.69) is 11.9 Å². The number of nitrogens with one attached hydrogen (secondary N) is 1. The van der Waals surface area contributed by atoms with Crippen molar-refractivity contribution in [1.82, 2.24) is 5.32 Å². The fourth-order valence-electron chi connectivity index (χ4n) is 5.23. The summed E-state index contributed by atoms with van der Waals surface area (Å²) in [7, 11) is 3.06. The molecule has 0 spiro atoms. The molecule has 1 saturated carbocycles. The number of aliphatic imine (C=N–C) groups is 1. The number of benzene rings is 1. The van der Waals surface area contributed by atoms with Gasteiger partial charge in [-0.2, -0.15) is 0 Å². The first kappa shape index (κ1) is 20.6. The van der Waals surface area contributed by atoms with E-state index >= 15 is 0 Å². The van der Waals surface area contributed by atoms with Crippen LogP contribution >= 0.6 is 0 Å². The Morgan fingerprint density at radius 1 is 1.27 bits per heavy atom. The first-order chi connectivity index (χ1) is 14.5. The van der Waals surface area contributed by atoms with E-state index in [9.17, 15) is 9.18 Å². The molecule has 0 bridgehead atoms. The Hall–Kier alpha value is -2.63. The van der Waals surface area contributed by atoms with Gasteiger partial charge in [-0.05, 0) is 66.9 Å². The van der Waals surface area contributed by atoms with Crippen molar-refractivity contribution < 1.29 is 18.7 Å². The normalized spacial score (nSPS) is 25.6. The number of hydrogen-bond donors (Lipinski definition) is 1. The van der Waals surface area contributed by atoms with Crippen LogP contribution < -0.4 is 14.8 Å². The number of carbonyl (C=O) groups excluding carboxylic acids is 1. The van der Waals surface area contributed by atoms with E-state index in [1.54, 1.807) is 19.2 Å². The van der Waals surface area contributed by atoms with Crippen LogP contribution in [0.4, 0.5) is 4.39 Å². The number of methoxy groups -OCH3 is 2. The third-order valence-corrected chi connectivity index (χ3v) is 6.73. The van der Waals surface area contributed by atoms with Gasteiger partial charge in [0.1, 0.15) is 5.75 Å². The summed E-state index contributed by atoms with van der Waals surface area (Å²) in [6, 6.07) is 3.50. The summed E-state index contributed by atoms with van der Waals surface area (Å²) in [5.41, 5.74) is 4.47. The molecule has 30 heavy (non-hydrogen) atoms. The summed E-state index contributed by atoms with van der Waals surface area (Å²) in [5, 5.41) is 3.08. The third kappa shape index (κ3) is 3.75. The fourth-order valence-corrected chi connectivity index (χ4v) is 5.23. The van der Waals surface area contributed by atoms with Crippen molar-refractivity contribution in [2.24, 2.45) is 10.9 Å². The largest absolute Gasteiger partial charge is 0.497 e. The molecule has 6 heteroatoms. The Morgan fingerprint density at radius 2 is 2.10 bits per heavy atom. The van der Waals surface area contributed by atoms with Crippen LogP contribution in [0.15, 0.2) is 40.9 Å². The monoisotopic (exact) mass is 412 g/mol. The zero-order chi connectivity index (χ0) is 21.3. The average molecular weight is 413 g/mol. The second-order valence-corrected chi connectivity index (χ2v) is 8.31. The molecule has 3 atom stereocenters. The van der Waals surface area contributed by atoms with E-state index < -0.39 is 0 Å². The molecule has 1 aromatic carbocycles. The summed E-state index contributed by atoms with van der Waals surface area (Å²) in [6.45, 7) is 4.24. The van der Waals surface area contributed by atoms with Gasteiger partial charge in [-0.1, -0.05) is 13.0 Å². The lowest BCUT2D eigenvalue weighted by Gasteiger charge is -2.28. The van der Waals surface area contributed by atoms with Gasteiger partial charge in [0, 0.05) is 23.7 Å². The van der Waals surface area contributed by atoms with Crippen molar-refractivity contribution in [3.8, 4) is 11.5 Å². The van der Waals surface area contributed by atoms with E-state index in [0.29, 0.717) is 17.9 Å². The summed E-state index contributed by atoms with van der Waals surface area (Å²) >= 11 is 0. The van der Waals surface area contributed by atoms with Gasteiger partial charge in [0.2, 0.25) is 5.91 Å². The Bertz CT molecular complexity index is 921. The second kappa shape index (κ2) is 8.62. The van der Waals surface area contributed by atoms with Crippen molar-refractivity contribution in [2.45, 2.75) is 50.5 Å². The quantitative estimate of drug-likeness (QED) is 0.708. The highest BCUT2D eigenvalue weighted by Crippen LogP contribution is 2.44. The predicted molar refractivity (Wildman–Crippen MR) is 115 cm³/mol. The lowest BCUT2D eigenvalue weighted by molar-refractivity contribution is -0.117. The first-order valence-electron chi connectivity index (χ1n) is 10.7. The first-order valence-corrected chi connectivity index (χ1v) is 10.7. The molecule has 1 aliphatic heterocycles. The molecule has 160 valence electrons. The van der Waals surface area contributed by atoms with Gasteiger partial charge >= 0.3 is 0 Å². The zero-order valence-corrected chi connectivity index (χ0v) is 17.7. The molecule has 4 rings (SSSR count). The fraction of sp³-hybridized carbons (Fsp3) is 0.500. The Morgan fingerprint density at radius 3 is 2.83 bits per heavy atom.